The van der Waals surface area contributed by atoms with Gasteiger partial charge in [-0.05, 0) is 56.3 Å². The van der Waals surface area contributed by atoms with E-state index in [2.05, 4.69) is 13.8 Å². The summed E-state index contributed by atoms with van der Waals surface area (Å²) in [7, 11) is 0. The number of aliphatic hydroxyl groups is 1. The minimum absolute atomic E-state index is 0.128. The standard InChI is InChI=1S/C19H28O3/c1-17-9-10-19(22)15(14(17)5-6-16(17)21)4-3-12-11-13(20)7-8-18(12,19)2/h12,14-15,22H,3-11H2,1-2H3/t12?,14-,15-,17-,18-,19+/m0/s1. The molecule has 4 aliphatic rings. The molecule has 122 valence electrons. The third kappa shape index (κ3) is 1.61. The second-order valence-electron chi connectivity index (χ2n) is 8.95. The van der Waals surface area contributed by atoms with Gasteiger partial charge in [0.2, 0.25) is 0 Å². The van der Waals surface area contributed by atoms with Crippen LogP contribution in [0.4, 0.5) is 0 Å². The van der Waals surface area contributed by atoms with Gasteiger partial charge in [-0.15, -0.1) is 0 Å². The molecule has 0 aliphatic heterocycles. The molecule has 3 nitrogen and oxygen atoms in total. The van der Waals surface area contributed by atoms with E-state index in [1.807, 2.05) is 0 Å². The summed E-state index contributed by atoms with van der Waals surface area (Å²) in [6, 6.07) is 0. The molecule has 4 fully saturated rings. The van der Waals surface area contributed by atoms with Gasteiger partial charge in [0.1, 0.15) is 11.6 Å². The molecule has 22 heavy (non-hydrogen) atoms. The molecular formula is C19H28O3. The van der Waals surface area contributed by atoms with Crippen molar-refractivity contribution >= 4 is 11.6 Å². The molecule has 0 aromatic heterocycles. The molecule has 0 heterocycles. The van der Waals surface area contributed by atoms with Crippen LogP contribution in [0.3, 0.4) is 0 Å². The lowest BCUT2D eigenvalue weighted by atomic mass is 9.43. The molecule has 0 saturated heterocycles. The van der Waals surface area contributed by atoms with Crippen molar-refractivity contribution in [1.29, 1.82) is 0 Å². The topological polar surface area (TPSA) is 54.4 Å². The van der Waals surface area contributed by atoms with Gasteiger partial charge in [-0.25, -0.2) is 0 Å². The second kappa shape index (κ2) is 4.43. The summed E-state index contributed by atoms with van der Waals surface area (Å²) in [6.07, 6.45) is 7.41. The Kier molecular flexibility index (Phi) is 3.00. The average molecular weight is 304 g/mol. The molecule has 0 aromatic carbocycles. The Morgan fingerprint density at radius 1 is 0.955 bits per heavy atom. The number of ketones is 2. The number of carbonyl (C=O) groups is 2. The van der Waals surface area contributed by atoms with Gasteiger partial charge in [0.25, 0.3) is 0 Å². The van der Waals surface area contributed by atoms with Crippen LogP contribution in [0.5, 0.6) is 0 Å². The zero-order chi connectivity index (χ0) is 15.8. The fraction of sp³-hybridized carbons (Fsp3) is 0.895. The highest BCUT2D eigenvalue weighted by Crippen LogP contribution is 2.66. The normalized spacial score (nSPS) is 54.6. The Hall–Kier alpha value is -0.700. The van der Waals surface area contributed by atoms with Crippen LogP contribution in [0.1, 0.15) is 71.6 Å². The number of hydrogen-bond donors (Lipinski definition) is 1. The van der Waals surface area contributed by atoms with Gasteiger partial charge in [-0.1, -0.05) is 13.8 Å². The molecule has 0 spiro atoms. The van der Waals surface area contributed by atoms with Crippen LogP contribution in [-0.4, -0.2) is 22.3 Å². The van der Waals surface area contributed by atoms with E-state index in [9.17, 15) is 14.7 Å². The Morgan fingerprint density at radius 3 is 2.50 bits per heavy atom. The summed E-state index contributed by atoms with van der Waals surface area (Å²) < 4.78 is 0. The molecule has 1 N–H and O–H groups in total. The fourth-order valence-corrected chi connectivity index (χ4v) is 6.76. The van der Waals surface area contributed by atoms with E-state index in [4.69, 9.17) is 0 Å². The Balaban J connectivity index is 1.72. The number of Topliss-reactive ketones (excluding diaryl/α,β-unsaturated/α-hetero) is 2. The highest BCUT2D eigenvalue weighted by Gasteiger charge is 2.66. The predicted octanol–water partition coefficient (Wildman–Crippen LogP) is 3.28. The van der Waals surface area contributed by atoms with Crippen LogP contribution < -0.4 is 0 Å². The second-order valence-corrected chi connectivity index (χ2v) is 8.95. The van der Waals surface area contributed by atoms with E-state index in [0.29, 0.717) is 42.7 Å². The van der Waals surface area contributed by atoms with E-state index in [1.165, 1.54) is 0 Å². The van der Waals surface area contributed by atoms with Gasteiger partial charge in [-0.3, -0.25) is 9.59 Å². The zero-order valence-electron chi connectivity index (χ0n) is 13.9. The minimum atomic E-state index is -0.661. The lowest BCUT2D eigenvalue weighted by molar-refractivity contribution is -0.228. The van der Waals surface area contributed by atoms with Crippen molar-refractivity contribution in [3.05, 3.63) is 0 Å². The predicted molar refractivity (Wildman–Crippen MR) is 83.2 cm³/mol. The van der Waals surface area contributed by atoms with Gasteiger partial charge >= 0.3 is 0 Å². The summed E-state index contributed by atoms with van der Waals surface area (Å²) >= 11 is 0. The van der Waals surface area contributed by atoms with E-state index >= 15 is 0 Å². The number of rotatable bonds is 0. The average Bonchev–Trinajstić information content (AvgIpc) is 2.77. The Labute approximate surface area is 132 Å². The van der Waals surface area contributed by atoms with Crippen molar-refractivity contribution in [2.75, 3.05) is 0 Å². The maximum Gasteiger partial charge on any atom is 0.139 e. The number of fused-ring (bicyclic) bond motifs is 5. The SMILES string of the molecule is C[C@]12CCC(=O)CC1CC[C@H]1[C@@H]3CCC(=O)[C@@]3(C)CC[C@@]12O. The first-order chi connectivity index (χ1) is 10.3. The molecule has 1 unspecified atom stereocenters. The number of hydrogen-bond acceptors (Lipinski definition) is 3. The van der Waals surface area contributed by atoms with Gasteiger partial charge in [0.05, 0.1) is 5.60 Å². The minimum Gasteiger partial charge on any atom is -0.389 e. The molecule has 6 atom stereocenters. The van der Waals surface area contributed by atoms with Gasteiger partial charge in [-0.2, -0.15) is 0 Å². The molecule has 3 heteroatoms. The molecule has 4 aliphatic carbocycles. The molecule has 4 rings (SSSR count). The van der Waals surface area contributed by atoms with Crippen molar-refractivity contribution in [2.45, 2.75) is 77.2 Å². The van der Waals surface area contributed by atoms with Crippen molar-refractivity contribution < 1.29 is 14.7 Å². The lowest BCUT2D eigenvalue weighted by Crippen LogP contribution is -2.65. The van der Waals surface area contributed by atoms with Gasteiger partial charge < -0.3 is 5.11 Å². The highest BCUT2D eigenvalue weighted by atomic mass is 16.3. The molecule has 0 bridgehead atoms. The van der Waals surface area contributed by atoms with Crippen molar-refractivity contribution in [1.82, 2.24) is 0 Å². The molecule has 0 amide bonds. The summed E-state index contributed by atoms with van der Waals surface area (Å²) in [5, 5.41) is 11.8. The van der Waals surface area contributed by atoms with E-state index < -0.39 is 5.60 Å². The lowest BCUT2D eigenvalue weighted by Gasteiger charge is -2.64. The molecular weight excluding hydrogens is 276 g/mol. The summed E-state index contributed by atoms with van der Waals surface area (Å²) in [4.78, 5) is 24.3. The monoisotopic (exact) mass is 304 g/mol. The third-order valence-electron chi connectivity index (χ3n) is 8.38. The van der Waals surface area contributed by atoms with Crippen LogP contribution in [0.2, 0.25) is 0 Å². The summed E-state index contributed by atoms with van der Waals surface area (Å²) in [5.74, 6) is 1.75. The van der Waals surface area contributed by atoms with Crippen LogP contribution in [0.15, 0.2) is 0 Å². The maximum absolute atomic E-state index is 12.4. The first-order valence-electron chi connectivity index (χ1n) is 9.09. The van der Waals surface area contributed by atoms with Crippen molar-refractivity contribution in [3.63, 3.8) is 0 Å². The molecule has 0 aromatic rings. The first-order valence-corrected chi connectivity index (χ1v) is 9.09. The van der Waals surface area contributed by atoms with Crippen LogP contribution in [0, 0.1) is 28.6 Å². The molecule has 4 saturated carbocycles. The Bertz CT molecular complexity index is 541. The van der Waals surface area contributed by atoms with E-state index in [0.717, 1.165) is 38.5 Å². The number of carbonyl (C=O) groups excluding carboxylic acids is 2. The van der Waals surface area contributed by atoms with E-state index in [-0.39, 0.29) is 16.7 Å². The Morgan fingerprint density at radius 2 is 1.73 bits per heavy atom. The zero-order valence-corrected chi connectivity index (χ0v) is 13.9. The van der Waals surface area contributed by atoms with Crippen molar-refractivity contribution in [2.24, 2.45) is 28.6 Å². The molecule has 0 radical (unpaired) electrons. The smallest absolute Gasteiger partial charge is 0.139 e. The van der Waals surface area contributed by atoms with Gasteiger partial charge in [0, 0.05) is 30.1 Å². The van der Waals surface area contributed by atoms with Crippen molar-refractivity contribution in [3.8, 4) is 0 Å². The first kappa shape index (κ1) is 14.9. The van der Waals surface area contributed by atoms with Gasteiger partial charge in [0.15, 0.2) is 0 Å². The van der Waals surface area contributed by atoms with Crippen LogP contribution >= 0.6 is 0 Å². The highest BCUT2D eigenvalue weighted by molar-refractivity contribution is 5.87. The third-order valence-corrected chi connectivity index (χ3v) is 8.38. The largest absolute Gasteiger partial charge is 0.389 e. The fourth-order valence-electron chi connectivity index (χ4n) is 6.76. The van der Waals surface area contributed by atoms with Crippen LogP contribution in [0.25, 0.3) is 0 Å². The maximum atomic E-state index is 12.4. The summed E-state index contributed by atoms with van der Waals surface area (Å²) in [5.41, 5.74) is -0.979. The van der Waals surface area contributed by atoms with E-state index in [1.54, 1.807) is 0 Å². The summed E-state index contributed by atoms with van der Waals surface area (Å²) in [6.45, 7) is 4.38. The van der Waals surface area contributed by atoms with Crippen LogP contribution in [-0.2, 0) is 9.59 Å². The quantitative estimate of drug-likeness (QED) is 0.747.